The lowest BCUT2D eigenvalue weighted by atomic mass is 10.1. The number of halogens is 1. The van der Waals surface area contributed by atoms with Crippen LogP contribution in [-0.4, -0.2) is 56.0 Å². The highest BCUT2D eigenvalue weighted by molar-refractivity contribution is 6.31. The highest BCUT2D eigenvalue weighted by Gasteiger charge is 2.34. The Morgan fingerprint density at radius 2 is 2.16 bits per heavy atom. The molecule has 25 heavy (non-hydrogen) atoms. The number of hydrogen-bond acceptors (Lipinski definition) is 4. The monoisotopic (exact) mass is 368 g/mol. The highest BCUT2D eigenvalue weighted by Crippen LogP contribution is 2.31. The zero-order valence-corrected chi connectivity index (χ0v) is 15.1. The molecule has 1 heterocycles. The number of anilines is 1. The minimum atomic E-state index is -0.868. The summed E-state index contributed by atoms with van der Waals surface area (Å²) in [5.74, 6) is -0.266. The number of piperazine rings is 1. The summed E-state index contributed by atoms with van der Waals surface area (Å²) in [6.45, 7) is 2.43. The zero-order valence-electron chi connectivity index (χ0n) is 14.3. The van der Waals surface area contributed by atoms with E-state index in [2.05, 4.69) is 16.0 Å². The Hall–Kier alpha value is -2.48. The van der Waals surface area contributed by atoms with Crippen LogP contribution in [0, 0.1) is 6.92 Å². The summed E-state index contributed by atoms with van der Waals surface area (Å²) in [5.41, 5.74) is 1.22. The summed E-state index contributed by atoms with van der Waals surface area (Å²) in [5, 5.41) is 8.38. The molecule has 0 aromatic heterocycles. The second-order valence-electron chi connectivity index (χ2n) is 5.61. The molecule has 0 unspecified atom stereocenters. The Balaban J connectivity index is 2.22. The second-order valence-corrected chi connectivity index (χ2v) is 6.02. The molecule has 0 bridgehead atoms. The first-order chi connectivity index (χ1) is 11.9. The first kappa shape index (κ1) is 18.9. The Bertz CT molecular complexity index is 695. The fourth-order valence-corrected chi connectivity index (χ4v) is 2.71. The quantitative estimate of drug-likeness (QED) is 0.741. The molecule has 4 amide bonds. The molecule has 1 atom stereocenters. The number of benzene rings is 1. The molecule has 0 saturated carbocycles. The molecule has 3 N–H and O–H groups in total. The van der Waals surface area contributed by atoms with Crippen molar-refractivity contribution in [3.05, 3.63) is 22.7 Å². The minimum Gasteiger partial charge on any atom is -0.495 e. The van der Waals surface area contributed by atoms with E-state index in [4.69, 9.17) is 16.3 Å². The number of nitrogens with zero attached hydrogens (tertiary/aromatic N) is 1. The lowest BCUT2D eigenvalue weighted by Crippen LogP contribution is -2.59. The van der Waals surface area contributed by atoms with Gasteiger partial charge in [-0.25, -0.2) is 4.79 Å². The number of rotatable bonds is 4. The van der Waals surface area contributed by atoms with Crippen LogP contribution >= 0.6 is 11.6 Å². The van der Waals surface area contributed by atoms with Crippen molar-refractivity contribution in [3.63, 3.8) is 0 Å². The van der Waals surface area contributed by atoms with Crippen molar-refractivity contribution < 1.29 is 19.1 Å². The SMILES string of the molecule is CNC(=O)C[C@H]1C(=O)NCCN1C(=O)Nc1cc(C)c(Cl)cc1OC. The Morgan fingerprint density at radius 3 is 2.80 bits per heavy atom. The van der Waals surface area contributed by atoms with Crippen molar-refractivity contribution in [2.75, 3.05) is 32.6 Å². The van der Waals surface area contributed by atoms with Gasteiger partial charge in [-0.3, -0.25) is 9.59 Å². The maximum atomic E-state index is 12.7. The maximum absolute atomic E-state index is 12.7. The topological polar surface area (TPSA) is 99.8 Å². The Labute approximate surface area is 150 Å². The summed E-state index contributed by atoms with van der Waals surface area (Å²) in [4.78, 5) is 37.7. The molecule has 0 radical (unpaired) electrons. The van der Waals surface area contributed by atoms with Crippen molar-refractivity contribution in [2.24, 2.45) is 0 Å². The van der Waals surface area contributed by atoms with Crippen LogP contribution in [0.3, 0.4) is 0 Å². The molecule has 1 aliphatic heterocycles. The molecule has 1 aromatic rings. The van der Waals surface area contributed by atoms with E-state index in [9.17, 15) is 14.4 Å². The van der Waals surface area contributed by atoms with E-state index >= 15 is 0 Å². The first-order valence-corrected chi connectivity index (χ1v) is 8.15. The molecule has 136 valence electrons. The van der Waals surface area contributed by atoms with Gasteiger partial charge in [0.15, 0.2) is 0 Å². The van der Waals surface area contributed by atoms with Gasteiger partial charge in [-0.15, -0.1) is 0 Å². The summed E-state index contributed by atoms with van der Waals surface area (Å²) in [6, 6.07) is 1.95. The summed E-state index contributed by atoms with van der Waals surface area (Å²) in [6.07, 6.45) is -0.105. The van der Waals surface area contributed by atoms with Crippen LogP contribution in [0.1, 0.15) is 12.0 Å². The van der Waals surface area contributed by atoms with Gasteiger partial charge in [0.2, 0.25) is 11.8 Å². The fraction of sp³-hybridized carbons (Fsp3) is 0.438. The van der Waals surface area contributed by atoms with E-state index in [1.54, 1.807) is 19.1 Å². The number of methoxy groups -OCH3 is 1. The Kier molecular flexibility index (Phi) is 6.08. The normalized spacial score (nSPS) is 16.9. The average Bonchev–Trinajstić information content (AvgIpc) is 2.59. The van der Waals surface area contributed by atoms with E-state index in [0.717, 1.165) is 5.56 Å². The average molecular weight is 369 g/mol. The summed E-state index contributed by atoms with van der Waals surface area (Å²) >= 11 is 6.06. The number of carbonyl (C=O) groups is 3. The van der Waals surface area contributed by atoms with Gasteiger partial charge in [0.25, 0.3) is 0 Å². The van der Waals surface area contributed by atoms with E-state index in [1.165, 1.54) is 19.1 Å². The smallest absolute Gasteiger partial charge is 0.322 e. The van der Waals surface area contributed by atoms with Crippen LogP contribution in [0.15, 0.2) is 12.1 Å². The van der Waals surface area contributed by atoms with Crippen LogP contribution in [0.25, 0.3) is 0 Å². The molecule has 1 fully saturated rings. The molecular weight excluding hydrogens is 348 g/mol. The van der Waals surface area contributed by atoms with Crippen LogP contribution < -0.4 is 20.7 Å². The number of amides is 4. The second kappa shape index (κ2) is 8.06. The lowest BCUT2D eigenvalue weighted by molar-refractivity contribution is -0.132. The van der Waals surface area contributed by atoms with Crippen LogP contribution in [0.5, 0.6) is 5.75 Å². The third kappa shape index (κ3) is 4.33. The van der Waals surface area contributed by atoms with Crippen molar-refractivity contribution in [1.29, 1.82) is 0 Å². The van der Waals surface area contributed by atoms with E-state index < -0.39 is 12.1 Å². The predicted octanol–water partition coefficient (Wildman–Crippen LogP) is 1.13. The van der Waals surface area contributed by atoms with Crippen molar-refractivity contribution >= 4 is 35.1 Å². The lowest BCUT2D eigenvalue weighted by Gasteiger charge is -2.34. The van der Waals surface area contributed by atoms with Gasteiger partial charge in [0.05, 0.1) is 19.2 Å². The number of aryl methyl sites for hydroxylation is 1. The van der Waals surface area contributed by atoms with Gasteiger partial charge >= 0.3 is 6.03 Å². The van der Waals surface area contributed by atoms with Gasteiger partial charge in [0, 0.05) is 31.2 Å². The van der Waals surface area contributed by atoms with Gasteiger partial charge in [0.1, 0.15) is 11.8 Å². The maximum Gasteiger partial charge on any atom is 0.322 e. The predicted molar refractivity (Wildman–Crippen MR) is 93.9 cm³/mol. The summed E-state index contributed by atoms with van der Waals surface area (Å²) in [7, 11) is 2.95. The van der Waals surface area contributed by atoms with Gasteiger partial charge in [-0.1, -0.05) is 11.6 Å². The molecule has 0 aliphatic carbocycles. The molecule has 1 aromatic carbocycles. The van der Waals surface area contributed by atoms with Crippen LogP contribution in [-0.2, 0) is 9.59 Å². The van der Waals surface area contributed by atoms with E-state index in [-0.39, 0.29) is 18.2 Å². The van der Waals surface area contributed by atoms with Crippen molar-refractivity contribution in [1.82, 2.24) is 15.5 Å². The number of ether oxygens (including phenoxy) is 1. The molecule has 2 rings (SSSR count). The van der Waals surface area contributed by atoms with Crippen molar-refractivity contribution in [2.45, 2.75) is 19.4 Å². The summed E-state index contributed by atoms with van der Waals surface area (Å²) < 4.78 is 5.24. The number of nitrogens with one attached hydrogen (secondary N) is 3. The molecule has 0 spiro atoms. The zero-order chi connectivity index (χ0) is 18.6. The molecule has 8 nitrogen and oxygen atoms in total. The molecule has 9 heteroatoms. The third-order valence-electron chi connectivity index (χ3n) is 3.97. The van der Waals surface area contributed by atoms with Gasteiger partial charge in [-0.2, -0.15) is 0 Å². The van der Waals surface area contributed by atoms with Crippen LogP contribution in [0.2, 0.25) is 5.02 Å². The largest absolute Gasteiger partial charge is 0.495 e. The Morgan fingerprint density at radius 1 is 1.44 bits per heavy atom. The third-order valence-corrected chi connectivity index (χ3v) is 4.38. The van der Waals surface area contributed by atoms with Crippen molar-refractivity contribution in [3.8, 4) is 5.75 Å². The van der Waals surface area contributed by atoms with E-state index in [0.29, 0.717) is 29.5 Å². The fourth-order valence-electron chi connectivity index (χ4n) is 2.56. The van der Waals surface area contributed by atoms with E-state index in [1.807, 2.05) is 0 Å². The number of carbonyl (C=O) groups excluding carboxylic acids is 3. The van der Waals surface area contributed by atoms with Crippen LogP contribution in [0.4, 0.5) is 10.5 Å². The number of hydrogen-bond donors (Lipinski definition) is 3. The minimum absolute atomic E-state index is 0.105. The number of urea groups is 1. The van der Waals surface area contributed by atoms with Gasteiger partial charge in [-0.05, 0) is 18.6 Å². The first-order valence-electron chi connectivity index (χ1n) is 7.77. The highest BCUT2D eigenvalue weighted by atomic mass is 35.5. The molecular formula is C16H21ClN4O4. The standard InChI is InChI=1S/C16H21ClN4O4/c1-9-6-11(13(25-3)7-10(9)17)20-16(24)21-5-4-19-15(23)12(21)8-14(22)18-2/h6-7,12H,4-5,8H2,1-3H3,(H,18,22)(H,19,23)(H,20,24)/t12-/m0/s1. The van der Waals surface area contributed by atoms with Gasteiger partial charge < -0.3 is 25.6 Å². The molecule has 1 saturated heterocycles. The molecule has 1 aliphatic rings.